The molecule has 0 radical (unpaired) electrons. The molecule has 0 aromatic rings. The Bertz CT molecular complexity index is 213. The first-order chi connectivity index (χ1) is 7.77. The molecule has 1 heterocycles. The lowest BCUT2D eigenvalue weighted by atomic mass is 10.2. The summed E-state index contributed by atoms with van der Waals surface area (Å²) in [5.41, 5.74) is 5.49. The smallest absolute Gasteiger partial charge is 0.248 e. The Morgan fingerprint density at radius 1 is 1.56 bits per heavy atom. The van der Waals surface area contributed by atoms with Crippen LogP contribution in [0.25, 0.3) is 0 Å². The summed E-state index contributed by atoms with van der Waals surface area (Å²) in [6, 6.07) is 0. The number of amides is 1. The van der Waals surface area contributed by atoms with Crippen LogP contribution >= 0.6 is 0 Å². The molecule has 1 aliphatic rings. The Labute approximate surface area is 95.6 Å². The molecule has 6 heteroatoms. The van der Waals surface area contributed by atoms with Crippen LogP contribution in [-0.2, 0) is 19.0 Å². The van der Waals surface area contributed by atoms with Crippen molar-refractivity contribution < 1.29 is 19.0 Å². The Kier molecular flexibility index (Phi) is 6.32. The van der Waals surface area contributed by atoms with Gasteiger partial charge in [0.15, 0.2) is 0 Å². The fraction of sp³-hybridized carbons (Fsp3) is 0.900. The minimum Gasteiger partial charge on any atom is -0.382 e. The third kappa shape index (κ3) is 4.44. The van der Waals surface area contributed by atoms with Crippen LogP contribution in [0.5, 0.6) is 0 Å². The van der Waals surface area contributed by atoms with Crippen molar-refractivity contribution in [1.82, 2.24) is 4.90 Å². The second-order valence-electron chi connectivity index (χ2n) is 3.61. The molecular formula is C10H20N2O4. The molecule has 1 amide bonds. The Hall–Kier alpha value is -0.690. The van der Waals surface area contributed by atoms with Crippen LogP contribution in [0.1, 0.15) is 0 Å². The quantitative estimate of drug-likeness (QED) is 0.584. The van der Waals surface area contributed by atoms with E-state index >= 15 is 0 Å². The maximum absolute atomic E-state index is 11.7. The molecule has 16 heavy (non-hydrogen) atoms. The van der Waals surface area contributed by atoms with Crippen molar-refractivity contribution in [1.29, 1.82) is 0 Å². The molecule has 0 aromatic carbocycles. The monoisotopic (exact) mass is 232 g/mol. The summed E-state index contributed by atoms with van der Waals surface area (Å²) < 4.78 is 15.4. The Balaban J connectivity index is 2.19. The fourth-order valence-electron chi connectivity index (χ4n) is 1.48. The molecule has 6 nitrogen and oxygen atoms in total. The number of carbonyl (C=O) groups excluding carboxylic acids is 1. The third-order valence-corrected chi connectivity index (χ3v) is 2.41. The summed E-state index contributed by atoms with van der Waals surface area (Å²) in [5, 5.41) is 0. The lowest BCUT2D eigenvalue weighted by Crippen LogP contribution is -2.49. The van der Waals surface area contributed by atoms with E-state index < -0.39 is 0 Å². The summed E-state index contributed by atoms with van der Waals surface area (Å²) in [6.45, 7) is 3.20. The topological polar surface area (TPSA) is 74.0 Å². The van der Waals surface area contributed by atoms with Gasteiger partial charge in [0.2, 0.25) is 5.91 Å². The van der Waals surface area contributed by atoms with Crippen LogP contribution < -0.4 is 5.73 Å². The molecule has 1 atom stereocenters. The van der Waals surface area contributed by atoms with Gasteiger partial charge in [0, 0.05) is 26.7 Å². The third-order valence-electron chi connectivity index (χ3n) is 2.41. The van der Waals surface area contributed by atoms with Crippen molar-refractivity contribution in [2.75, 3.05) is 53.2 Å². The van der Waals surface area contributed by atoms with Gasteiger partial charge in [0.05, 0.1) is 25.9 Å². The maximum atomic E-state index is 11.7. The van der Waals surface area contributed by atoms with E-state index in [1.54, 1.807) is 12.0 Å². The largest absolute Gasteiger partial charge is 0.382 e. The molecule has 1 aliphatic heterocycles. The van der Waals surface area contributed by atoms with Crippen molar-refractivity contribution in [3.05, 3.63) is 0 Å². The van der Waals surface area contributed by atoms with E-state index in [0.29, 0.717) is 39.5 Å². The van der Waals surface area contributed by atoms with Crippen LogP contribution in [0.2, 0.25) is 0 Å². The van der Waals surface area contributed by atoms with E-state index in [4.69, 9.17) is 19.9 Å². The normalized spacial score (nSPS) is 21.1. The highest BCUT2D eigenvalue weighted by molar-refractivity contribution is 5.77. The zero-order valence-electron chi connectivity index (χ0n) is 9.68. The van der Waals surface area contributed by atoms with Gasteiger partial charge in [-0.2, -0.15) is 0 Å². The Morgan fingerprint density at radius 3 is 3.06 bits per heavy atom. The van der Waals surface area contributed by atoms with E-state index in [1.165, 1.54) is 0 Å². The summed E-state index contributed by atoms with van der Waals surface area (Å²) in [7, 11) is 1.60. The molecular weight excluding hydrogens is 212 g/mol. The van der Waals surface area contributed by atoms with Gasteiger partial charge in [-0.1, -0.05) is 0 Å². The highest BCUT2D eigenvalue weighted by atomic mass is 16.5. The van der Waals surface area contributed by atoms with Gasteiger partial charge in [-0.05, 0) is 0 Å². The number of carbonyl (C=O) groups is 1. The maximum Gasteiger partial charge on any atom is 0.248 e. The molecule has 1 unspecified atom stereocenters. The lowest BCUT2D eigenvalue weighted by molar-refractivity contribution is -0.143. The molecule has 94 valence electrons. The zero-order chi connectivity index (χ0) is 11.8. The molecule has 0 saturated carbocycles. The summed E-state index contributed by atoms with van der Waals surface area (Å²) in [6.07, 6.45) is -0.0447. The first kappa shape index (κ1) is 13.4. The number of hydrogen-bond donors (Lipinski definition) is 1. The standard InChI is InChI=1S/C10H20N2O4/c1-14-4-5-15-8-10(13)12-2-3-16-9(6-11)7-12/h9H,2-8,11H2,1H3. The number of hydrogen-bond acceptors (Lipinski definition) is 5. The minimum absolute atomic E-state index is 0.0159. The minimum atomic E-state index is -0.0447. The van der Waals surface area contributed by atoms with Crippen LogP contribution in [0.15, 0.2) is 0 Å². The second kappa shape index (κ2) is 7.56. The van der Waals surface area contributed by atoms with Crippen LogP contribution in [0.4, 0.5) is 0 Å². The molecule has 1 saturated heterocycles. The number of rotatable bonds is 6. The molecule has 0 aliphatic carbocycles. The molecule has 0 bridgehead atoms. The predicted octanol–water partition coefficient (Wildman–Crippen LogP) is -1.16. The number of nitrogens with zero attached hydrogens (tertiary/aromatic N) is 1. The van der Waals surface area contributed by atoms with E-state index in [2.05, 4.69) is 0 Å². The van der Waals surface area contributed by atoms with Crippen LogP contribution in [0.3, 0.4) is 0 Å². The van der Waals surface area contributed by atoms with Crippen molar-refractivity contribution in [3.63, 3.8) is 0 Å². The average Bonchev–Trinajstić information content (AvgIpc) is 2.34. The summed E-state index contributed by atoms with van der Waals surface area (Å²) in [4.78, 5) is 13.4. The van der Waals surface area contributed by atoms with Gasteiger partial charge in [0.1, 0.15) is 6.61 Å². The predicted molar refractivity (Wildman–Crippen MR) is 58.1 cm³/mol. The van der Waals surface area contributed by atoms with Crippen LogP contribution in [0, 0.1) is 0 Å². The first-order valence-electron chi connectivity index (χ1n) is 5.44. The second-order valence-corrected chi connectivity index (χ2v) is 3.61. The highest BCUT2D eigenvalue weighted by Gasteiger charge is 2.22. The van der Waals surface area contributed by atoms with Crippen molar-refractivity contribution in [2.45, 2.75) is 6.10 Å². The molecule has 2 N–H and O–H groups in total. The van der Waals surface area contributed by atoms with Crippen molar-refractivity contribution in [3.8, 4) is 0 Å². The summed E-state index contributed by atoms with van der Waals surface area (Å²) in [5.74, 6) is -0.0159. The van der Waals surface area contributed by atoms with Gasteiger partial charge >= 0.3 is 0 Å². The van der Waals surface area contributed by atoms with E-state index in [-0.39, 0.29) is 18.6 Å². The first-order valence-corrected chi connectivity index (χ1v) is 5.44. The van der Waals surface area contributed by atoms with Gasteiger partial charge < -0.3 is 24.8 Å². The lowest BCUT2D eigenvalue weighted by Gasteiger charge is -2.32. The Morgan fingerprint density at radius 2 is 2.38 bits per heavy atom. The van der Waals surface area contributed by atoms with Crippen LogP contribution in [-0.4, -0.2) is 70.1 Å². The average molecular weight is 232 g/mol. The summed E-state index contributed by atoms with van der Waals surface area (Å²) >= 11 is 0. The fourth-order valence-corrected chi connectivity index (χ4v) is 1.48. The van der Waals surface area contributed by atoms with Crippen molar-refractivity contribution >= 4 is 5.91 Å². The number of nitrogens with two attached hydrogens (primary N) is 1. The van der Waals surface area contributed by atoms with Gasteiger partial charge in [-0.25, -0.2) is 0 Å². The van der Waals surface area contributed by atoms with Gasteiger partial charge in [-0.15, -0.1) is 0 Å². The molecule has 0 aromatic heterocycles. The zero-order valence-corrected chi connectivity index (χ0v) is 9.68. The van der Waals surface area contributed by atoms with E-state index in [1.807, 2.05) is 0 Å². The highest BCUT2D eigenvalue weighted by Crippen LogP contribution is 2.04. The number of ether oxygens (including phenoxy) is 3. The SMILES string of the molecule is COCCOCC(=O)N1CCOC(CN)C1. The van der Waals surface area contributed by atoms with Gasteiger partial charge in [0.25, 0.3) is 0 Å². The van der Waals surface area contributed by atoms with E-state index in [9.17, 15) is 4.79 Å². The number of morpholine rings is 1. The molecule has 1 fully saturated rings. The number of methoxy groups -OCH3 is 1. The van der Waals surface area contributed by atoms with Crippen molar-refractivity contribution in [2.24, 2.45) is 5.73 Å². The van der Waals surface area contributed by atoms with Gasteiger partial charge in [-0.3, -0.25) is 4.79 Å². The molecule has 0 spiro atoms. The van der Waals surface area contributed by atoms with E-state index in [0.717, 1.165) is 0 Å². The molecule has 1 rings (SSSR count).